The summed E-state index contributed by atoms with van der Waals surface area (Å²) in [5.41, 5.74) is 0. The van der Waals surface area contributed by atoms with Crippen molar-refractivity contribution in [2.75, 3.05) is 5.75 Å². The van der Waals surface area contributed by atoms with E-state index in [4.69, 9.17) is 11.6 Å². The average Bonchev–Trinajstić information content (AvgIpc) is 2.71. The number of thiophene rings is 1. The second kappa shape index (κ2) is 8.89. The fourth-order valence-electron chi connectivity index (χ4n) is 2.12. The maximum absolute atomic E-state index is 12.0. The molecule has 0 aliphatic heterocycles. The van der Waals surface area contributed by atoms with E-state index in [9.17, 15) is 13.2 Å². The van der Waals surface area contributed by atoms with Crippen molar-refractivity contribution in [3.8, 4) is 0 Å². The Hall–Kier alpha value is -0.590. The number of rotatable bonds is 9. The van der Waals surface area contributed by atoms with Crippen LogP contribution < -0.4 is 5.32 Å². The Morgan fingerprint density at radius 1 is 1.27 bits per heavy atom. The van der Waals surface area contributed by atoms with Gasteiger partial charge in [0.15, 0.2) is 9.84 Å². The minimum Gasteiger partial charge on any atom is -0.353 e. The molecule has 0 fully saturated rings. The Kier molecular flexibility index (Phi) is 7.86. The van der Waals surface area contributed by atoms with Crippen molar-refractivity contribution in [2.24, 2.45) is 5.92 Å². The van der Waals surface area contributed by atoms with E-state index >= 15 is 0 Å². The Bertz CT molecular complexity index is 581. The first-order valence-electron chi connectivity index (χ1n) is 7.42. The number of amides is 1. The van der Waals surface area contributed by atoms with Gasteiger partial charge in [-0.05, 0) is 31.4 Å². The summed E-state index contributed by atoms with van der Waals surface area (Å²) in [5.74, 6) is -0.406. The molecule has 0 aliphatic carbocycles. The van der Waals surface area contributed by atoms with Crippen LogP contribution >= 0.6 is 22.9 Å². The number of hydrogen-bond donors (Lipinski definition) is 1. The fourth-order valence-corrected chi connectivity index (χ4v) is 4.89. The molecule has 1 amide bonds. The van der Waals surface area contributed by atoms with Gasteiger partial charge in [-0.3, -0.25) is 4.79 Å². The zero-order valence-electron chi connectivity index (χ0n) is 13.3. The van der Waals surface area contributed by atoms with Gasteiger partial charge in [-0.15, -0.1) is 11.3 Å². The molecule has 0 spiro atoms. The van der Waals surface area contributed by atoms with E-state index in [-0.39, 0.29) is 11.8 Å². The molecule has 7 heteroatoms. The molecule has 22 heavy (non-hydrogen) atoms. The zero-order valence-corrected chi connectivity index (χ0v) is 15.7. The second-order valence-electron chi connectivity index (χ2n) is 6.03. The zero-order chi connectivity index (χ0) is 16.8. The molecule has 1 aromatic rings. The van der Waals surface area contributed by atoms with Crippen LogP contribution in [-0.2, 0) is 20.4 Å². The SMILES string of the molecule is CC(C)CCCC(C)NC(=O)CS(=O)(=O)Cc1ccc(Cl)s1. The Morgan fingerprint density at radius 2 is 1.95 bits per heavy atom. The first-order valence-corrected chi connectivity index (χ1v) is 10.4. The van der Waals surface area contributed by atoms with Crippen LogP contribution in [0, 0.1) is 5.92 Å². The highest BCUT2D eigenvalue weighted by atomic mass is 35.5. The highest BCUT2D eigenvalue weighted by Gasteiger charge is 2.19. The van der Waals surface area contributed by atoms with Crippen molar-refractivity contribution in [1.29, 1.82) is 0 Å². The van der Waals surface area contributed by atoms with Crippen LogP contribution in [0.5, 0.6) is 0 Å². The molecule has 0 saturated heterocycles. The number of sulfone groups is 1. The van der Waals surface area contributed by atoms with Crippen LogP contribution in [0.25, 0.3) is 0 Å². The summed E-state index contributed by atoms with van der Waals surface area (Å²) in [6.07, 6.45) is 3.00. The number of hydrogen-bond acceptors (Lipinski definition) is 4. The van der Waals surface area contributed by atoms with Crippen molar-refractivity contribution >= 4 is 38.7 Å². The molecule has 126 valence electrons. The third kappa shape index (κ3) is 8.15. The first-order chi connectivity index (χ1) is 10.2. The van der Waals surface area contributed by atoms with E-state index in [0.717, 1.165) is 19.3 Å². The number of carbonyl (C=O) groups excluding carboxylic acids is 1. The molecule has 0 radical (unpaired) electrons. The molecular weight excluding hydrogens is 342 g/mol. The third-order valence-corrected chi connectivity index (χ3v) is 6.03. The summed E-state index contributed by atoms with van der Waals surface area (Å²) < 4.78 is 24.6. The predicted octanol–water partition coefficient (Wildman–Crippen LogP) is 3.65. The summed E-state index contributed by atoms with van der Waals surface area (Å²) in [5, 5.41) is 2.76. The average molecular weight is 366 g/mol. The van der Waals surface area contributed by atoms with Crippen molar-refractivity contribution < 1.29 is 13.2 Å². The number of nitrogens with one attached hydrogen (secondary N) is 1. The van der Waals surface area contributed by atoms with Gasteiger partial charge in [0, 0.05) is 10.9 Å². The number of halogens is 1. The summed E-state index contributed by atoms with van der Waals surface area (Å²) in [4.78, 5) is 12.5. The Labute approximate surface area is 142 Å². The van der Waals surface area contributed by atoms with E-state index in [1.165, 1.54) is 11.3 Å². The molecule has 1 rings (SSSR count). The molecule has 4 nitrogen and oxygen atoms in total. The van der Waals surface area contributed by atoms with Crippen LogP contribution in [-0.4, -0.2) is 26.1 Å². The summed E-state index contributed by atoms with van der Waals surface area (Å²) >= 11 is 7.00. The maximum Gasteiger partial charge on any atom is 0.235 e. The van der Waals surface area contributed by atoms with Crippen LogP contribution in [0.15, 0.2) is 12.1 Å². The molecule has 1 heterocycles. The standard InChI is InChI=1S/C15H24ClNO3S2/c1-11(2)5-4-6-12(3)17-15(18)10-22(19,20)9-13-7-8-14(16)21-13/h7-8,11-12H,4-6,9-10H2,1-3H3,(H,17,18). The third-order valence-electron chi connectivity index (χ3n) is 3.17. The van der Waals surface area contributed by atoms with Crippen LogP contribution in [0.4, 0.5) is 0 Å². The molecule has 0 saturated carbocycles. The molecule has 0 aliphatic rings. The number of carbonyl (C=O) groups is 1. The van der Waals surface area contributed by atoms with Crippen LogP contribution in [0.2, 0.25) is 4.34 Å². The highest BCUT2D eigenvalue weighted by Crippen LogP contribution is 2.23. The van der Waals surface area contributed by atoms with Gasteiger partial charge in [-0.1, -0.05) is 38.3 Å². The summed E-state index contributed by atoms with van der Waals surface area (Å²) in [7, 11) is -3.46. The van der Waals surface area contributed by atoms with E-state index in [0.29, 0.717) is 15.1 Å². The topological polar surface area (TPSA) is 63.2 Å². The van der Waals surface area contributed by atoms with Gasteiger partial charge in [0.1, 0.15) is 5.75 Å². The first kappa shape index (κ1) is 19.5. The minimum atomic E-state index is -3.46. The molecule has 1 unspecified atom stereocenters. The normalized spacial score (nSPS) is 13.3. The molecule has 0 aromatic carbocycles. The van der Waals surface area contributed by atoms with Gasteiger partial charge in [-0.25, -0.2) is 8.42 Å². The van der Waals surface area contributed by atoms with Gasteiger partial charge < -0.3 is 5.32 Å². The van der Waals surface area contributed by atoms with Crippen molar-refractivity contribution in [1.82, 2.24) is 5.32 Å². The Morgan fingerprint density at radius 3 is 2.50 bits per heavy atom. The predicted molar refractivity (Wildman–Crippen MR) is 93.1 cm³/mol. The van der Waals surface area contributed by atoms with E-state index in [1.54, 1.807) is 12.1 Å². The van der Waals surface area contributed by atoms with Crippen molar-refractivity contribution in [3.05, 3.63) is 21.3 Å². The molecule has 1 atom stereocenters. The second-order valence-corrected chi connectivity index (χ2v) is 9.90. The van der Waals surface area contributed by atoms with Gasteiger partial charge in [-0.2, -0.15) is 0 Å². The molecule has 1 N–H and O–H groups in total. The van der Waals surface area contributed by atoms with Crippen LogP contribution in [0.1, 0.15) is 44.9 Å². The lowest BCUT2D eigenvalue weighted by atomic mass is 10.0. The Balaban J connectivity index is 2.39. The monoisotopic (exact) mass is 365 g/mol. The lowest BCUT2D eigenvalue weighted by Crippen LogP contribution is -2.37. The van der Waals surface area contributed by atoms with Crippen LogP contribution in [0.3, 0.4) is 0 Å². The van der Waals surface area contributed by atoms with E-state index in [2.05, 4.69) is 19.2 Å². The molecule has 0 bridgehead atoms. The van der Waals surface area contributed by atoms with Crippen molar-refractivity contribution in [2.45, 2.75) is 51.8 Å². The van der Waals surface area contributed by atoms with Gasteiger partial charge in [0.2, 0.25) is 5.91 Å². The molecular formula is C15H24ClNO3S2. The smallest absolute Gasteiger partial charge is 0.235 e. The maximum atomic E-state index is 12.0. The van der Waals surface area contributed by atoms with E-state index in [1.807, 2.05) is 6.92 Å². The summed E-state index contributed by atoms with van der Waals surface area (Å²) in [6, 6.07) is 3.34. The van der Waals surface area contributed by atoms with Gasteiger partial charge >= 0.3 is 0 Å². The lowest BCUT2D eigenvalue weighted by molar-refractivity contribution is -0.119. The largest absolute Gasteiger partial charge is 0.353 e. The van der Waals surface area contributed by atoms with Gasteiger partial charge in [0.25, 0.3) is 0 Å². The minimum absolute atomic E-state index is 0.00219. The lowest BCUT2D eigenvalue weighted by Gasteiger charge is -2.14. The quantitative estimate of drug-likeness (QED) is 0.726. The molecule has 1 aromatic heterocycles. The summed E-state index contributed by atoms with van der Waals surface area (Å²) in [6.45, 7) is 6.23. The van der Waals surface area contributed by atoms with Gasteiger partial charge in [0.05, 0.1) is 10.1 Å². The highest BCUT2D eigenvalue weighted by molar-refractivity contribution is 7.91. The van der Waals surface area contributed by atoms with Crippen molar-refractivity contribution in [3.63, 3.8) is 0 Å². The fraction of sp³-hybridized carbons (Fsp3) is 0.667. The van der Waals surface area contributed by atoms with E-state index < -0.39 is 21.5 Å².